The van der Waals surface area contributed by atoms with E-state index in [0.29, 0.717) is 13.1 Å². The van der Waals surface area contributed by atoms with Gasteiger partial charge in [0.25, 0.3) is 5.91 Å². The first-order chi connectivity index (χ1) is 17.0. The molecule has 0 radical (unpaired) electrons. The third-order valence-electron chi connectivity index (χ3n) is 5.92. The second kappa shape index (κ2) is 9.90. The Balaban J connectivity index is 1.41. The van der Waals surface area contributed by atoms with Crippen LogP contribution in [0.2, 0.25) is 0 Å². The van der Waals surface area contributed by atoms with Crippen LogP contribution < -0.4 is 11.0 Å². The van der Waals surface area contributed by atoms with Gasteiger partial charge in [-0.2, -0.15) is 17.5 Å². The number of sulfonamides is 1. The summed E-state index contributed by atoms with van der Waals surface area (Å²) in [6.07, 6.45) is -2.89. The summed E-state index contributed by atoms with van der Waals surface area (Å²) in [7, 11) is -2.18. The zero-order chi connectivity index (χ0) is 26.1. The second-order valence-electron chi connectivity index (χ2n) is 8.36. The van der Waals surface area contributed by atoms with E-state index in [9.17, 15) is 31.2 Å². The number of alkyl halides is 3. The summed E-state index contributed by atoms with van der Waals surface area (Å²) in [6, 6.07) is 10.1. The Bertz CT molecular complexity index is 1420. The molecule has 36 heavy (non-hydrogen) atoms. The van der Waals surface area contributed by atoms with Crippen molar-refractivity contribution in [1.82, 2.24) is 24.0 Å². The Hall–Kier alpha value is -3.45. The molecule has 1 aliphatic heterocycles. The fraction of sp³-hybridized carbons (Fsp3) is 0.348. The minimum Gasteiger partial charge on any atom is -0.350 e. The maximum atomic E-state index is 13.0. The maximum Gasteiger partial charge on any atom is 0.416 e. The number of rotatable bonds is 7. The van der Waals surface area contributed by atoms with Crippen LogP contribution in [0.4, 0.5) is 13.2 Å². The lowest BCUT2D eigenvalue weighted by Gasteiger charge is -2.15. The molecule has 1 N–H and O–H groups in total. The van der Waals surface area contributed by atoms with Crippen LogP contribution in [0.5, 0.6) is 0 Å². The smallest absolute Gasteiger partial charge is 0.350 e. The maximum absolute atomic E-state index is 13.0. The topological polar surface area (TPSA) is 106 Å². The average molecular weight is 524 g/mol. The highest BCUT2D eigenvalue weighted by molar-refractivity contribution is 7.89. The lowest BCUT2D eigenvalue weighted by Crippen LogP contribution is -2.32. The van der Waals surface area contributed by atoms with E-state index in [2.05, 4.69) is 10.4 Å². The van der Waals surface area contributed by atoms with Crippen LogP contribution >= 0.6 is 0 Å². The van der Waals surface area contributed by atoms with Gasteiger partial charge < -0.3 is 5.32 Å². The molecule has 1 aromatic heterocycles. The van der Waals surface area contributed by atoms with Crippen molar-refractivity contribution in [3.05, 3.63) is 70.1 Å². The number of hydrogen-bond donors (Lipinski definition) is 1. The van der Waals surface area contributed by atoms with Gasteiger partial charge >= 0.3 is 11.9 Å². The van der Waals surface area contributed by atoms with Crippen LogP contribution in [0.25, 0.3) is 11.4 Å². The third kappa shape index (κ3) is 5.21. The minimum absolute atomic E-state index is 0.0151. The largest absolute Gasteiger partial charge is 0.416 e. The fourth-order valence-corrected chi connectivity index (χ4v) is 5.47. The van der Waals surface area contributed by atoms with Crippen molar-refractivity contribution in [2.75, 3.05) is 19.6 Å². The fourth-order valence-electron chi connectivity index (χ4n) is 3.95. The third-order valence-corrected chi connectivity index (χ3v) is 7.83. The monoisotopic (exact) mass is 523 g/mol. The number of hydrogen-bond acceptors (Lipinski definition) is 5. The van der Waals surface area contributed by atoms with E-state index >= 15 is 0 Å². The van der Waals surface area contributed by atoms with E-state index in [0.717, 1.165) is 34.2 Å². The molecule has 0 spiro atoms. The molecule has 2 aromatic carbocycles. The van der Waals surface area contributed by atoms with Crippen molar-refractivity contribution in [2.24, 2.45) is 7.05 Å². The second-order valence-corrected chi connectivity index (χ2v) is 10.3. The van der Waals surface area contributed by atoms with Gasteiger partial charge in [-0.05, 0) is 49.2 Å². The Labute approximate surface area is 205 Å². The molecule has 3 aromatic rings. The Morgan fingerprint density at radius 1 is 1.08 bits per heavy atom. The summed E-state index contributed by atoms with van der Waals surface area (Å²) in [5, 5.41) is 6.75. The molecule has 4 rings (SSSR count). The van der Waals surface area contributed by atoms with E-state index in [4.69, 9.17) is 0 Å². The highest BCUT2D eigenvalue weighted by Crippen LogP contribution is 2.31. The number of aromatic nitrogens is 3. The van der Waals surface area contributed by atoms with Gasteiger partial charge in [-0.15, -0.1) is 5.10 Å². The van der Waals surface area contributed by atoms with Gasteiger partial charge in [-0.25, -0.2) is 17.9 Å². The molecule has 0 atom stereocenters. The molecule has 0 aliphatic carbocycles. The lowest BCUT2D eigenvalue weighted by molar-refractivity contribution is -0.137. The summed E-state index contributed by atoms with van der Waals surface area (Å²) >= 11 is 0. The van der Waals surface area contributed by atoms with Gasteiger partial charge in [0.15, 0.2) is 5.82 Å². The quantitative estimate of drug-likeness (QED) is 0.512. The van der Waals surface area contributed by atoms with Crippen molar-refractivity contribution in [1.29, 1.82) is 0 Å². The van der Waals surface area contributed by atoms with E-state index in [1.807, 2.05) is 0 Å². The van der Waals surface area contributed by atoms with Crippen molar-refractivity contribution < 1.29 is 26.4 Å². The standard InChI is InChI=1S/C23H24F3N5O4S/c1-29-20(17-5-4-6-18(15-17)23(24,25)26)28-31(22(29)33)14-11-27-21(32)16-7-9-19(10-8-16)36(34,35)30-12-2-3-13-30/h4-10,15H,2-3,11-14H2,1H3,(H,27,32). The molecule has 0 saturated carbocycles. The SMILES string of the molecule is Cn1c(-c2cccc(C(F)(F)F)c2)nn(CCNC(=O)c2ccc(S(=O)(=O)N3CCCC3)cc2)c1=O. The molecule has 0 bridgehead atoms. The number of nitrogens with one attached hydrogen (secondary N) is 1. The van der Waals surface area contributed by atoms with Crippen LogP contribution in [0, 0.1) is 0 Å². The lowest BCUT2D eigenvalue weighted by atomic mass is 10.1. The minimum atomic E-state index is -4.53. The molecule has 1 fully saturated rings. The summed E-state index contributed by atoms with van der Waals surface area (Å²) in [4.78, 5) is 25.1. The summed E-state index contributed by atoms with van der Waals surface area (Å²) < 4.78 is 67.9. The van der Waals surface area contributed by atoms with Gasteiger partial charge in [0, 0.05) is 37.8 Å². The normalized spacial score (nSPS) is 14.8. The molecule has 1 saturated heterocycles. The van der Waals surface area contributed by atoms with Gasteiger partial charge in [-0.1, -0.05) is 12.1 Å². The average Bonchev–Trinajstić information content (AvgIpc) is 3.49. The molecule has 1 aliphatic rings. The van der Waals surface area contributed by atoms with Gasteiger partial charge in [-0.3, -0.25) is 9.36 Å². The molecular formula is C23H24F3N5O4S. The number of halogens is 3. The molecule has 192 valence electrons. The number of nitrogens with zero attached hydrogens (tertiary/aromatic N) is 4. The first-order valence-electron chi connectivity index (χ1n) is 11.2. The summed E-state index contributed by atoms with van der Waals surface area (Å²) in [6.45, 7) is 0.963. The number of amides is 1. The van der Waals surface area contributed by atoms with Gasteiger partial charge in [0.2, 0.25) is 10.0 Å². The first-order valence-corrected chi connectivity index (χ1v) is 12.6. The van der Waals surface area contributed by atoms with E-state index in [-0.39, 0.29) is 34.9 Å². The number of carbonyl (C=O) groups is 1. The van der Waals surface area contributed by atoms with Crippen LogP contribution in [-0.4, -0.2) is 52.6 Å². The Morgan fingerprint density at radius 2 is 1.75 bits per heavy atom. The molecule has 0 unspecified atom stereocenters. The molecular weight excluding hydrogens is 499 g/mol. The van der Waals surface area contributed by atoms with Crippen molar-refractivity contribution in [2.45, 2.75) is 30.5 Å². The van der Waals surface area contributed by atoms with E-state index < -0.39 is 33.4 Å². The molecule has 1 amide bonds. The van der Waals surface area contributed by atoms with Crippen LogP contribution in [-0.2, 0) is 29.8 Å². The number of carbonyl (C=O) groups excluding carboxylic acids is 1. The van der Waals surface area contributed by atoms with Crippen LogP contribution in [0.1, 0.15) is 28.8 Å². The summed E-state index contributed by atoms with van der Waals surface area (Å²) in [5.74, 6) is -0.408. The molecule has 13 heteroatoms. The van der Waals surface area contributed by atoms with E-state index in [1.54, 1.807) is 0 Å². The van der Waals surface area contributed by atoms with Crippen molar-refractivity contribution in [3.8, 4) is 11.4 Å². The zero-order valence-corrected chi connectivity index (χ0v) is 20.1. The number of benzene rings is 2. The molecule has 9 nitrogen and oxygen atoms in total. The predicted molar refractivity (Wildman–Crippen MR) is 125 cm³/mol. The predicted octanol–water partition coefficient (Wildman–Crippen LogP) is 2.48. The molecule has 2 heterocycles. The van der Waals surface area contributed by atoms with Crippen molar-refractivity contribution in [3.63, 3.8) is 0 Å². The Morgan fingerprint density at radius 3 is 2.39 bits per heavy atom. The zero-order valence-electron chi connectivity index (χ0n) is 19.3. The first kappa shape index (κ1) is 25.6. The van der Waals surface area contributed by atoms with Crippen LogP contribution in [0.15, 0.2) is 58.2 Å². The van der Waals surface area contributed by atoms with Crippen LogP contribution in [0.3, 0.4) is 0 Å². The van der Waals surface area contributed by atoms with Crippen molar-refractivity contribution >= 4 is 15.9 Å². The van der Waals surface area contributed by atoms with Gasteiger partial charge in [0.05, 0.1) is 17.0 Å². The highest BCUT2D eigenvalue weighted by atomic mass is 32.2. The van der Waals surface area contributed by atoms with E-state index in [1.165, 1.54) is 47.8 Å². The summed E-state index contributed by atoms with van der Waals surface area (Å²) in [5.41, 5.74) is -1.02. The van der Waals surface area contributed by atoms with Gasteiger partial charge in [0.1, 0.15) is 0 Å². The Kier molecular flexibility index (Phi) is 7.05. The highest BCUT2D eigenvalue weighted by Gasteiger charge is 2.31.